The summed E-state index contributed by atoms with van der Waals surface area (Å²) in [6, 6.07) is 17.1. The van der Waals surface area contributed by atoms with Crippen LogP contribution >= 0.6 is 11.6 Å². The summed E-state index contributed by atoms with van der Waals surface area (Å²) in [6.07, 6.45) is 9.39. The molecule has 0 saturated heterocycles. The average Bonchev–Trinajstić information content (AvgIpc) is 2.86. The van der Waals surface area contributed by atoms with Crippen LogP contribution in [0.4, 0.5) is 0 Å². The number of halogens is 1. The fourth-order valence-corrected chi connectivity index (χ4v) is 3.86. The van der Waals surface area contributed by atoms with Crippen molar-refractivity contribution in [1.82, 2.24) is 25.3 Å². The first-order valence-electron chi connectivity index (χ1n) is 12.0. The Morgan fingerprint density at radius 3 is 2.26 bits per heavy atom. The highest BCUT2D eigenvalue weighted by molar-refractivity contribution is 6.29. The van der Waals surface area contributed by atoms with E-state index in [1.807, 2.05) is 42.5 Å². The molecule has 0 fully saturated rings. The molecule has 0 saturated carbocycles. The normalized spacial score (nSPS) is 10.9. The van der Waals surface area contributed by atoms with Crippen LogP contribution in [0.2, 0.25) is 5.15 Å². The van der Waals surface area contributed by atoms with E-state index in [1.54, 1.807) is 16.8 Å². The van der Waals surface area contributed by atoms with Gasteiger partial charge in [-0.3, -0.25) is 10.2 Å². The maximum absolute atomic E-state index is 12.1. The molecule has 0 spiro atoms. The Morgan fingerprint density at radius 2 is 1.56 bits per heavy atom. The van der Waals surface area contributed by atoms with Crippen LogP contribution < -0.4 is 10.8 Å². The lowest BCUT2D eigenvalue weighted by Crippen LogP contribution is -2.23. The van der Waals surface area contributed by atoms with E-state index < -0.39 is 0 Å². The number of carbonyl (C=O) groups is 1. The zero-order valence-electron chi connectivity index (χ0n) is 19.5. The third-order valence-corrected chi connectivity index (χ3v) is 5.85. The van der Waals surface area contributed by atoms with Crippen molar-refractivity contribution in [1.29, 1.82) is 5.41 Å². The van der Waals surface area contributed by atoms with Crippen molar-refractivity contribution >= 4 is 17.5 Å². The molecule has 1 aromatic carbocycles. The van der Waals surface area contributed by atoms with Crippen LogP contribution in [-0.4, -0.2) is 25.9 Å². The van der Waals surface area contributed by atoms with Gasteiger partial charge < -0.3 is 5.32 Å². The van der Waals surface area contributed by atoms with Crippen LogP contribution in [-0.2, 0) is 17.9 Å². The number of carbonyl (C=O) groups excluding carboxylic acids is 1. The van der Waals surface area contributed by atoms with Gasteiger partial charge in [0, 0.05) is 18.5 Å². The van der Waals surface area contributed by atoms with Gasteiger partial charge in [0.25, 0.3) is 0 Å². The highest BCUT2D eigenvalue weighted by atomic mass is 35.5. The first-order chi connectivity index (χ1) is 16.6. The SMILES string of the molecule is N=c1ccc(Cl)nn1CCCCCCCCCCC(=O)NCc1ccc(-c2ccccc2)nn1. The molecule has 3 rings (SSSR count). The lowest BCUT2D eigenvalue weighted by atomic mass is 10.1. The van der Waals surface area contributed by atoms with E-state index in [2.05, 4.69) is 20.6 Å². The zero-order chi connectivity index (χ0) is 24.0. The number of hydrogen-bond acceptors (Lipinski definition) is 5. The molecule has 1 amide bonds. The van der Waals surface area contributed by atoms with E-state index in [4.69, 9.17) is 17.0 Å². The number of nitrogens with one attached hydrogen (secondary N) is 2. The monoisotopic (exact) mass is 480 g/mol. The molecule has 0 radical (unpaired) electrons. The predicted molar refractivity (Wildman–Crippen MR) is 134 cm³/mol. The summed E-state index contributed by atoms with van der Waals surface area (Å²) in [5, 5.41) is 23.8. The van der Waals surface area contributed by atoms with Crippen molar-refractivity contribution in [2.24, 2.45) is 0 Å². The lowest BCUT2D eigenvalue weighted by molar-refractivity contribution is -0.121. The van der Waals surface area contributed by atoms with Crippen molar-refractivity contribution in [2.75, 3.05) is 0 Å². The highest BCUT2D eigenvalue weighted by Crippen LogP contribution is 2.15. The summed E-state index contributed by atoms with van der Waals surface area (Å²) < 4.78 is 1.65. The first kappa shape index (κ1) is 25.6. The molecule has 0 bridgehead atoms. The summed E-state index contributed by atoms with van der Waals surface area (Å²) in [6.45, 7) is 1.14. The van der Waals surface area contributed by atoms with Crippen LogP contribution in [0.15, 0.2) is 54.6 Å². The molecule has 0 unspecified atom stereocenters. The lowest BCUT2D eigenvalue weighted by Gasteiger charge is -2.06. The number of aromatic nitrogens is 4. The van der Waals surface area contributed by atoms with Crippen molar-refractivity contribution in [3.8, 4) is 11.3 Å². The van der Waals surface area contributed by atoms with Gasteiger partial charge in [-0.05, 0) is 37.1 Å². The molecule has 2 N–H and O–H groups in total. The van der Waals surface area contributed by atoms with Crippen molar-refractivity contribution < 1.29 is 4.79 Å². The summed E-state index contributed by atoms with van der Waals surface area (Å²) in [7, 11) is 0. The quantitative estimate of drug-likeness (QED) is 0.306. The van der Waals surface area contributed by atoms with Gasteiger partial charge in [0.15, 0.2) is 0 Å². The van der Waals surface area contributed by atoms with Crippen molar-refractivity contribution in [3.63, 3.8) is 0 Å². The van der Waals surface area contributed by atoms with Crippen LogP contribution in [0.25, 0.3) is 11.3 Å². The van der Waals surface area contributed by atoms with E-state index in [-0.39, 0.29) is 5.91 Å². The molecule has 180 valence electrons. The molecule has 34 heavy (non-hydrogen) atoms. The Morgan fingerprint density at radius 1 is 0.853 bits per heavy atom. The molecular formula is C26H33ClN6O. The predicted octanol–water partition coefficient (Wildman–Crippen LogP) is 5.30. The molecule has 0 atom stereocenters. The molecular weight excluding hydrogens is 448 g/mol. The third-order valence-electron chi connectivity index (χ3n) is 5.65. The Labute approximate surface area is 206 Å². The Hall–Kier alpha value is -3.06. The smallest absolute Gasteiger partial charge is 0.220 e. The van der Waals surface area contributed by atoms with Crippen LogP contribution in [0.5, 0.6) is 0 Å². The maximum atomic E-state index is 12.1. The number of hydrogen-bond donors (Lipinski definition) is 2. The molecule has 0 aliphatic carbocycles. The largest absolute Gasteiger partial charge is 0.350 e. The number of nitrogens with zero attached hydrogens (tertiary/aromatic N) is 4. The van der Waals surface area contributed by atoms with Crippen molar-refractivity contribution in [2.45, 2.75) is 70.9 Å². The van der Waals surface area contributed by atoms with Gasteiger partial charge in [-0.2, -0.15) is 15.3 Å². The first-order valence-corrected chi connectivity index (χ1v) is 12.4. The van der Waals surface area contributed by atoms with Crippen LogP contribution in [0.1, 0.15) is 63.5 Å². The highest BCUT2D eigenvalue weighted by Gasteiger charge is 2.04. The van der Waals surface area contributed by atoms with E-state index in [9.17, 15) is 4.79 Å². The minimum absolute atomic E-state index is 0.0647. The van der Waals surface area contributed by atoms with Crippen LogP contribution in [0.3, 0.4) is 0 Å². The Balaban J connectivity index is 1.18. The Bertz CT molecular complexity index is 1070. The van der Waals surface area contributed by atoms with Gasteiger partial charge in [0.2, 0.25) is 5.91 Å². The molecule has 2 aromatic heterocycles. The summed E-state index contributed by atoms with van der Waals surface area (Å²) in [4.78, 5) is 12.1. The molecule has 0 aliphatic rings. The summed E-state index contributed by atoms with van der Waals surface area (Å²) in [5.74, 6) is 0.0647. The fourth-order valence-electron chi connectivity index (χ4n) is 3.71. The standard InChI is InChI=1S/C26H33ClN6O/c27-24-17-18-25(28)33(32-24)19-11-6-4-2-1-3-5-10-14-26(34)29-20-22-15-16-23(31-30-22)21-12-8-7-9-13-21/h7-9,12-13,15-18,28H,1-6,10-11,14,19-20H2,(H,29,34). The molecule has 7 nitrogen and oxygen atoms in total. The molecule has 8 heteroatoms. The second-order valence-corrected chi connectivity index (χ2v) is 8.78. The zero-order valence-corrected chi connectivity index (χ0v) is 20.3. The number of unbranched alkanes of at least 4 members (excludes halogenated alkanes) is 7. The topological polar surface area (TPSA) is 96.5 Å². The second-order valence-electron chi connectivity index (χ2n) is 8.40. The van der Waals surface area contributed by atoms with Gasteiger partial charge >= 0.3 is 0 Å². The number of benzene rings is 1. The number of rotatable bonds is 14. The van der Waals surface area contributed by atoms with Gasteiger partial charge in [0.05, 0.1) is 17.9 Å². The molecule has 0 aliphatic heterocycles. The molecule has 2 heterocycles. The third kappa shape index (κ3) is 9.06. The Kier molecular flexibility index (Phi) is 10.7. The van der Waals surface area contributed by atoms with Gasteiger partial charge in [-0.15, -0.1) is 0 Å². The van der Waals surface area contributed by atoms with E-state index >= 15 is 0 Å². The number of amides is 1. The minimum Gasteiger partial charge on any atom is -0.350 e. The second kappa shape index (κ2) is 14.3. The van der Waals surface area contributed by atoms with Gasteiger partial charge in [-0.25, -0.2) is 4.68 Å². The summed E-state index contributed by atoms with van der Waals surface area (Å²) >= 11 is 5.88. The van der Waals surface area contributed by atoms with Gasteiger partial charge in [0.1, 0.15) is 10.6 Å². The van der Waals surface area contributed by atoms with Crippen molar-refractivity contribution in [3.05, 3.63) is 70.9 Å². The van der Waals surface area contributed by atoms with E-state index in [0.717, 1.165) is 55.6 Å². The van der Waals surface area contributed by atoms with E-state index in [0.29, 0.717) is 23.6 Å². The van der Waals surface area contributed by atoms with E-state index in [1.165, 1.54) is 19.3 Å². The average molecular weight is 481 g/mol. The minimum atomic E-state index is 0.0647. The molecule has 3 aromatic rings. The summed E-state index contributed by atoms with van der Waals surface area (Å²) in [5.41, 5.74) is 3.01. The fraction of sp³-hybridized carbons (Fsp3) is 0.423. The maximum Gasteiger partial charge on any atom is 0.220 e. The van der Waals surface area contributed by atoms with Crippen LogP contribution in [0, 0.1) is 5.41 Å². The number of aryl methyl sites for hydroxylation is 1. The van der Waals surface area contributed by atoms with Gasteiger partial charge in [-0.1, -0.05) is 80.5 Å².